The lowest BCUT2D eigenvalue weighted by molar-refractivity contribution is 0.162. The summed E-state index contributed by atoms with van der Waals surface area (Å²) in [5, 5.41) is 14.6. The first-order chi connectivity index (χ1) is 9.69. The third-order valence-electron chi connectivity index (χ3n) is 3.12. The van der Waals surface area contributed by atoms with Crippen LogP contribution in [0.1, 0.15) is 24.3 Å². The Bertz CT molecular complexity index is 530. The van der Waals surface area contributed by atoms with E-state index in [4.69, 9.17) is 9.47 Å². The van der Waals surface area contributed by atoms with Gasteiger partial charge in [-0.25, -0.2) is 4.98 Å². The zero-order chi connectivity index (χ0) is 14.5. The lowest BCUT2D eigenvalue weighted by Crippen LogP contribution is -2.11. The highest BCUT2D eigenvalue weighted by atomic mass is 16.5. The van der Waals surface area contributed by atoms with Gasteiger partial charge >= 0.3 is 0 Å². The smallest absolute Gasteiger partial charge is 0.212 e. The number of nitrogens with zero attached hydrogens (tertiary/aromatic N) is 3. The van der Waals surface area contributed by atoms with Crippen molar-refractivity contribution < 1.29 is 14.6 Å². The van der Waals surface area contributed by atoms with Crippen LogP contribution in [0.3, 0.4) is 0 Å². The second-order valence-corrected chi connectivity index (χ2v) is 4.34. The van der Waals surface area contributed by atoms with Crippen molar-refractivity contribution in [3.05, 3.63) is 35.8 Å². The summed E-state index contributed by atoms with van der Waals surface area (Å²) in [4.78, 5) is 4.13. The second kappa shape index (κ2) is 6.38. The Morgan fingerprint density at radius 2 is 2.05 bits per heavy atom. The van der Waals surface area contributed by atoms with E-state index in [0.29, 0.717) is 30.3 Å². The van der Waals surface area contributed by atoms with E-state index in [1.165, 1.54) is 0 Å². The number of aromatic nitrogens is 3. The quantitative estimate of drug-likeness (QED) is 0.868. The molecule has 0 spiro atoms. The molecular formula is C14H19N3O3. The molecule has 1 atom stereocenters. The molecular weight excluding hydrogens is 258 g/mol. The van der Waals surface area contributed by atoms with Crippen molar-refractivity contribution in [2.24, 2.45) is 0 Å². The lowest BCUT2D eigenvalue weighted by atomic mass is 10.1. The fourth-order valence-electron chi connectivity index (χ4n) is 2.10. The molecule has 0 fully saturated rings. The molecule has 2 rings (SSSR count). The summed E-state index contributed by atoms with van der Waals surface area (Å²) in [7, 11) is 3.14. The van der Waals surface area contributed by atoms with Gasteiger partial charge in [0.05, 0.1) is 20.4 Å². The number of methoxy groups -OCH3 is 2. The van der Waals surface area contributed by atoms with E-state index < -0.39 is 6.10 Å². The van der Waals surface area contributed by atoms with Crippen molar-refractivity contribution in [1.82, 2.24) is 14.8 Å². The van der Waals surface area contributed by atoms with Gasteiger partial charge in [-0.1, -0.05) is 6.07 Å². The Hall–Kier alpha value is -2.08. The number of rotatable bonds is 6. The normalized spacial score (nSPS) is 12.2. The van der Waals surface area contributed by atoms with Gasteiger partial charge in [-0.3, -0.25) is 4.68 Å². The van der Waals surface area contributed by atoms with Crippen LogP contribution in [0.5, 0.6) is 11.6 Å². The molecule has 0 saturated carbocycles. The summed E-state index contributed by atoms with van der Waals surface area (Å²) in [6.07, 6.45) is 3.07. The maximum absolute atomic E-state index is 10.4. The first-order valence-electron chi connectivity index (χ1n) is 6.46. The van der Waals surface area contributed by atoms with E-state index >= 15 is 0 Å². The van der Waals surface area contributed by atoms with E-state index in [1.54, 1.807) is 37.4 Å². The van der Waals surface area contributed by atoms with Crippen LogP contribution in [-0.2, 0) is 13.0 Å². The zero-order valence-corrected chi connectivity index (χ0v) is 11.9. The predicted octanol–water partition coefficient (Wildman–Crippen LogP) is 1.59. The molecule has 0 radical (unpaired) electrons. The van der Waals surface area contributed by atoms with Crippen LogP contribution >= 0.6 is 0 Å². The van der Waals surface area contributed by atoms with Gasteiger partial charge in [-0.15, -0.1) is 0 Å². The van der Waals surface area contributed by atoms with Crippen LogP contribution < -0.4 is 9.47 Å². The molecule has 0 aliphatic rings. The Balaban J connectivity index is 2.18. The van der Waals surface area contributed by atoms with Crippen LogP contribution in [0.25, 0.3) is 0 Å². The molecule has 1 N–H and O–H groups in total. The fourth-order valence-corrected chi connectivity index (χ4v) is 2.10. The summed E-state index contributed by atoms with van der Waals surface area (Å²) in [5.74, 6) is 1.15. The highest BCUT2D eigenvalue weighted by molar-refractivity contribution is 5.29. The topological polar surface area (TPSA) is 69.4 Å². The highest BCUT2D eigenvalue weighted by Crippen LogP contribution is 2.27. The highest BCUT2D eigenvalue weighted by Gasteiger charge is 2.19. The average Bonchev–Trinajstić information content (AvgIpc) is 2.91. The van der Waals surface area contributed by atoms with Gasteiger partial charge in [-0.2, -0.15) is 5.10 Å². The first kappa shape index (κ1) is 14.3. The molecule has 2 aromatic heterocycles. The molecule has 6 heteroatoms. The minimum Gasteiger partial charge on any atom is -0.493 e. The van der Waals surface area contributed by atoms with Gasteiger partial charge in [0.15, 0.2) is 5.75 Å². The standard InChI is InChI=1S/C14H19N3O3/c1-4-17-14(12(19-2)9-16-17)11(18)7-10-5-6-13(20-3)15-8-10/h5-6,8-9,11,18H,4,7H2,1-3H3. The Morgan fingerprint density at radius 3 is 2.60 bits per heavy atom. The van der Waals surface area contributed by atoms with Gasteiger partial charge < -0.3 is 14.6 Å². The fraction of sp³-hybridized carbons (Fsp3) is 0.429. The van der Waals surface area contributed by atoms with Crippen molar-refractivity contribution in [3.63, 3.8) is 0 Å². The summed E-state index contributed by atoms with van der Waals surface area (Å²) in [6, 6.07) is 3.66. The number of aliphatic hydroxyl groups is 1. The van der Waals surface area contributed by atoms with Gasteiger partial charge in [0.2, 0.25) is 5.88 Å². The van der Waals surface area contributed by atoms with Crippen LogP contribution in [0.4, 0.5) is 0 Å². The number of aliphatic hydroxyl groups excluding tert-OH is 1. The summed E-state index contributed by atoms with van der Waals surface area (Å²) in [6.45, 7) is 2.65. The minimum atomic E-state index is -0.692. The predicted molar refractivity (Wildman–Crippen MR) is 73.9 cm³/mol. The largest absolute Gasteiger partial charge is 0.493 e. The number of hydrogen-bond donors (Lipinski definition) is 1. The molecule has 6 nitrogen and oxygen atoms in total. The second-order valence-electron chi connectivity index (χ2n) is 4.34. The number of pyridine rings is 1. The molecule has 0 saturated heterocycles. The van der Waals surface area contributed by atoms with Gasteiger partial charge in [-0.05, 0) is 12.5 Å². The van der Waals surface area contributed by atoms with Crippen molar-refractivity contribution in [2.45, 2.75) is 26.0 Å². The monoisotopic (exact) mass is 277 g/mol. The van der Waals surface area contributed by atoms with Crippen molar-refractivity contribution in [2.75, 3.05) is 14.2 Å². The van der Waals surface area contributed by atoms with Gasteiger partial charge in [0, 0.05) is 25.2 Å². The molecule has 108 valence electrons. The van der Waals surface area contributed by atoms with Crippen molar-refractivity contribution in [3.8, 4) is 11.6 Å². The Morgan fingerprint density at radius 1 is 1.25 bits per heavy atom. The molecule has 0 amide bonds. The Labute approximate surface area is 118 Å². The van der Waals surface area contributed by atoms with Crippen LogP contribution in [0, 0.1) is 0 Å². The summed E-state index contributed by atoms with van der Waals surface area (Å²) < 4.78 is 12.0. The average molecular weight is 277 g/mol. The maximum Gasteiger partial charge on any atom is 0.212 e. The molecule has 0 aliphatic carbocycles. The van der Waals surface area contributed by atoms with E-state index in [2.05, 4.69) is 10.1 Å². The van der Waals surface area contributed by atoms with E-state index in [-0.39, 0.29) is 0 Å². The van der Waals surface area contributed by atoms with Crippen molar-refractivity contribution in [1.29, 1.82) is 0 Å². The zero-order valence-electron chi connectivity index (χ0n) is 11.9. The van der Waals surface area contributed by atoms with Crippen LogP contribution in [0.15, 0.2) is 24.5 Å². The van der Waals surface area contributed by atoms with Gasteiger partial charge in [0.25, 0.3) is 0 Å². The van der Waals surface area contributed by atoms with Crippen LogP contribution in [-0.4, -0.2) is 34.1 Å². The molecule has 0 aromatic carbocycles. The molecule has 0 aliphatic heterocycles. The number of aryl methyl sites for hydroxylation is 1. The summed E-state index contributed by atoms with van der Waals surface area (Å²) in [5.41, 5.74) is 1.61. The van der Waals surface area contributed by atoms with E-state index in [0.717, 1.165) is 5.56 Å². The molecule has 20 heavy (non-hydrogen) atoms. The van der Waals surface area contributed by atoms with Gasteiger partial charge in [0.1, 0.15) is 11.8 Å². The number of ether oxygens (including phenoxy) is 2. The maximum atomic E-state index is 10.4. The van der Waals surface area contributed by atoms with Crippen LogP contribution in [0.2, 0.25) is 0 Å². The summed E-state index contributed by atoms with van der Waals surface area (Å²) >= 11 is 0. The molecule has 2 aromatic rings. The molecule has 0 bridgehead atoms. The molecule has 1 unspecified atom stereocenters. The van der Waals surface area contributed by atoms with E-state index in [9.17, 15) is 5.11 Å². The minimum absolute atomic E-state index is 0.443. The van der Waals surface area contributed by atoms with Crippen molar-refractivity contribution >= 4 is 0 Å². The SMILES string of the molecule is CCn1ncc(OC)c1C(O)Cc1ccc(OC)nc1. The third kappa shape index (κ3) is 2.91. The molecule has 2 heterocycles. The first-order valence-corrected chi connectivity index (χ1v) is 6.46. The lowest BCUT2D eigenvalue weighted by Gasteiger charge is -2.14. The third-order valence-corrected chi connectivity index (χ3v) is 3.12. The number of hydrogen-bond acceptors (Lipinski definition) is 5. The van der Waals surface area contributed by atoms with E-state index in [1.807, 2.05) is 13.0 Å². The Kier molecular flexibility index (Phi) is 4.57.